The first-order valence-corrected chi connectivity index (χ1v) is 12.1. The van der Waals surface area contributed by atoms with E-state index in [1.54, 1.807) is 0 Å². The van der Waals surface area contributed by atoms with Gasteiger partial charge in [0.25, 0.3) is 22.5 Å². The summed E-state index contributed by atoms with van der Waals surface area (Å²) in [6, 6.07) is 5.42. The molecule has 37 heavy (non-hydrogen) atoms. The maximum Gasteiger partial charge on any atom is 0.328 e. The van der Waals surface area contributed by atoms with E-state index in [1.165, 1.54) is 31.2 Å². The number of anilines is 1. The van der Waals surface area contributed by atoms with Crippen molar-refractivity contribution in [1.29, 1.82) is 0 Å². The van der Waals surface area contributed by atoms with E-state index < -0.39 is 52.4 Å². The van der Waals surface area contributed by atoms with Crippen LogP contribution in [-0.2, 0) is 27.4 Å². The smallest absolute Gasteiger partial charge is 0.328 e. The highest BCUT2D eigenvalue weighted by Crippen LogP contribution is 2.30. The Morgan fingerprint density at radius 3 is 2.49 bits per heavy atom. The molecule has 0 fully saturated rings. The first kappa shape index (κ1) is 27.3. The molecular formula is C19H19N7O9S2. The van der Waals surface area contributed by atoms with E-state index in [4.69, 9.17) is 0 Å². The highest BCUT2D eigenvalue weighted by Gasteiger charge is 2.23. The first-order valence-electron chi connectivity index (χ1n) is 10.2. The number of aromatic amines is 1. The molecule has 18 heteroatoms. The number of nitro benzene ring substituents is 1. The molecule has 0 saturated carbocycles. The fourth-order valence-corrected chi connectivity index (χ4v) is 4.54. The van der Waals surface area contributed by atoms with Gasteiger partial charge in [0.05, 0.1) is 11.5 Å². The Kier molecular flexibility index (Phi) is 8.58. The van der Waals surface area contributed by atoms with Crippen LogP contribution in [0.3, 0.4) is 0 Å². The number of carbonyl (C=O) groups excluding carboxylic acids is 1. The van der Waals surface area contributed by atoms with Gasteiger partial charge in [-0.3, -0.25) is 38.6 Å². The summed E-state index contributed by atoms with van der Waals surface area (Å²) in [5, 5.41) is 28.1. The van der Waals surface area contributed by atoms with Crippen LogP contribution < -0.4 is 15.6 Å². The van der Waals surface area contributed by atoms with Crippen LogP contribution in [0.2, 0.25) is 0 Å². The molecule has 3 aromatic rings. The molecule has 1 atom stereocenters. The fourth-order valence-electron chi connectivity index (χ4n) is 3.05. The number of carboxylic acid groups (broad SMARTS) is 1. The zero-order valence-corrected chi connectivity index (χ0v) is 20.6. The fraction of sp³-hybridized carbons (Fsp3) is 0.263. The van der Waals surface area contributed by atoms with Crippen molar-refractivity contribution in [3.05, 3.63) is 67.0 Å². The topological polar surface area (TPSA) is 222 Å². The highest BCUT2D eigenvalue weighted by molar-refractivity contribution is 7.81. The summed E-state index contributed by atoms with van der Waals surface area (Å²) in [7, 11) is 0. The number of benzene rings is 1. The number of nitrogens with one attached hydrogen (secondary N) is 1. The molecule has 2 aromatic heterocycles. The number of hydrogen-bond donors (Lipinski definition) is 3. The van der Waals surface area contributed by atoms with Gasteiger partial charge >= 0.3 is 11.7 Å². The SMILES string of the molecule is Cc1cn(CC(=O)N(CCN(c2nnc(-c3ccc([N+](=O)[O-])cc3)s2)S(=O)O)CC(=O)O)c(=O)[nH]c1=O. The predicted octanol–water partition coefficient (Wildman–Crippen LogP) is -0.172. The number of non-ortho nitro benzene ring substituents is 1. The van der Waals surface area contributed by atoms with Gasteiger partial charge in [-0.1, -0.05) is 11.3 Å². The summed E-state index contributed by atoms with van der Waals surface area (Å²) >= 11 is -1.73. The minimum absolute atomic E-state index is 0.0237. The van der Waals surface area contributed by atoms with Crippen molar-refractivity contribution in [1.82, 2.24) is 24.6 Å². The van der Waals surface area contributed by atoms with Crippen LogP contribution >= 0.6 is 11.3 Å². The van der Waals surface area contributed by atoms with Crippen LogP contribution in [0.1, 0.15) is 5.56 Å². The second-order valence-electron chi connectivity index (χ2n) is 7.43. The van der Waals surface area contributed by atoms with Crippen LogP contribution in [0.15, 0.2) is 40.1 Å². The Labute approximate surface area is 213 Å². The van der Waals surface area contributed by atoms with Crippen molar-refractivity contribution in [2.24, 2.45) is 0 Å². The van der Waals surface area contributed by atoms with Crippen LogP contribution in [0, 0.1) is 17.0 Å². The van der Waals surface area contributed by atoms with Crippen LogP contribution in [0.5, 0.6) is 0 Å². The molecule has 0 spiro atoms. The normalized spacial score (nSPS) is 11.6. The third-order valence-electron chi connectivity index (χ3n) is 4.89. The lowest BCUT2D eigenvalue weighted by molar-refractivity contribution is -0.384. The molecule has 3 rings (SSSR count). The maximum absolute atomic E-state index is 12.8. The number of carboxylic acids is 1. The van der Waals surface area contributed by atoms with Gasteiger partial charge in [0.15, 0.2) is 0 Å². The molecule has 16 nitrogen and oxygen atoms in total. The zero-order chi connectivity index (χ0) is 27.3. The summed E-state index contributed by atoms with van der Waals surface area (Å²) in [4.78, 5) is 60.7. The molecule has 0 saturated heterocycles. The van der Waals surface area contributed by atoms with E-state index in [0.717, 1.165) is 31.3 Å². The molecule has 0 aliphatic heterocycles. The number of amides is 1. The zero-order valence-electron chi connectivity index (χ0n) is 19.0. The number of rotatable bonds is 11. The molecular weight excluding hydrogens is 534 g/mol. The van der Waals surface area contributed by atoms with Crippen molar-refractivity contribution in [3.8, 4) is 10.6 Å². The molecule has 1 unspecified atom stereocenters. The number of aliphatic carboxylic acids is 1. The largest absolute Gasteiger partial charge is 0.480 e. The number of carbonyl (C=O) groups is 2. The number of nitrogens with zero attached hydrogens (tertiary/aromatic N) is 6. The molecule has 196 valence electrons. The van der Waals surface area contributed by atoms with Gasteiger partial charge in [0.1, 0.15) is 18.1 Å². The van der Waals surface area contributed by atoms with E-state index in [2.05, 4.69) is 10.2 Å². The van der Waals surface area contributed by atoms with Crippen LogP contribution in [-0.4, -0.2) is 75.0 Å². The molecule has 0 aliphatic rings. The number of hydrogen-bond acceptors (Lipinski definition) is 10. The van der Waals surface area contributed by atoms with Crippen molar-refractivity contribution in [2.45, 2.75) is 13.5 Å². The Hall–Kier alpha value is -4.29. The van der Waals surface area contributed by atoms with Crippen molar-refractivity contribution >= 4 is 45.3 Å². The van der Waals surface area contributed by atoms with Gasteiger partial charge < -0.3 is 10.0 Å². The Balaban J connectivity index is 1.77. The summed E-state index contributed by atoms with van der Waals surface area (Å²) < 4.78 is 23.5. The van der Waals surface area contributed by atoms with Crippen LogP contribution in [0.25, 0.3) is 10.6 Å². The van der Waals surface area contributed by atoms with Gasteiger partial charge in [-0.2, -0.15) is 0 Å². The Morgan fingerprint density at radius 1 is 1.22 bits per heavy atom. The molecule has 0 radical (unpaired) electrons. The molecule has 0 aliphatic carbocycles. The number of nitro groups is 1. The van der Waals surface area contributed by atoms with Crippen LogP contribution in [0.4, 0.5) is 10.8 Å². The van der Waals surface area contributed by atoms with Gasteiger partial charge in [0, 0.05) is 36.0 Å². The lowest BCUT2D eigenvalue weighted by Gasteiger charge is -2.24. The predicted molar refractivity (Wildman–Crippen MR) is 130 cm³/mol. The average molecular weight is 554 g/mol. The summed E-state index contributed by atoms with van der Waals surface area (Å²) in [6.07, 6.45) is 1.16. The average Bonchev–Trinajstić information content (AvgIpc) is 3.31. The Bertz CT molecular complexity index is 1470. The Morgan fingerprint density at radius 2 is 1.89 bits per heavy atom. The van der Waals surface area contributed by atoms with E-state index >= 15 is 0 Å². The first-order chi connectivity index (χ1) is 17.5. The van der Waals surface area contributed by atoms with Gasteiger partial charge in [-0.05, 0) is 19.1 Å². The number of aryl methyl sites for hydroxylation is 1. The standard InChI is InChI=1S/C19H19N7O9S2/c1-11-8-24(18(31)20-16(11)30)9-14(27)23(10-15(28)29)6-7-25(37(34)35)19-22-21-17(36-19)12-2-4-13(5-3-12)26(32)33/h2-5,8H,6-7,9-10H2,1H3,(H,28,29)(H,34,35)(H,20,30,31). The lowest BCUT2D eigenvalue weighted by Crippen LogP contribution is -2.44. The minimum atomic E-state index is -2.63. The quantitative estimate of drug-likeness (QED) is 0.161. The van der Waals surface area contributed by atoms with Crippen molar-refractivity contribution in [3.63, 3.8) is 0 Å². The van der Waals surface area contributed by atoms with E-state index in [-0.39, 0.29) is 29.5 Å². The molecule has 1 amide bonds. The van der Waals surface area contributed by atoms with Gasteiger partial charge in [0.2, 0.25) is 11.0 Å². The van der Waals surface area contributed by atoms with Crippen molar-refractivity contribution < 1.29 is 28.4 Å². The monoisotopic (exact) mass is 553 g/mol. The van der Waals surface area contributed by atoms with E-state index in [0.29, 0.717) is 10.6 Å². The number of H-pyrrole nitrogens is 1. The second kappa shape index (κ2) is 11.6. The maximum atomic E-state index is 12.8. The van der Waals surface area contributed by atoms with Crippen molar-refractivity contribution in [2.75, 3.05) is 23.9 Å². The third-order valence-corrected chi connectivity index (χ3v) is 6.73. The van der Waals surface area contributed by atoms with E-state index in [1.807, 2.05) is 4.98 Å². The highest BCUT2D eigenvalue weighted by atomic mass is 32.2. The van der Waals surface area contributed by atoms with Gasteiger partial charge in [-0.15, -0.1) is 10.2 Å². The molecule has 3 N–H and O–H groups in total. The summed E-state index contributed by atoms with van der Waals surface area (Å²) in [6.45, 7) is -0.561. The molecule has 2 heterocycles. The third kappa shape index (κ3) is 6.90. The molecule has 0 bridgehead atoms. The van der Waals surface area contributed by atoms with E-state index in [9.17, 15) is 43.2 Å². The minimum Gasteiger partial charge on any atom is -0.480 e. The summed E-state index contributed by atoms with van der Waals surface area (Å²) in [5.74, 6) is -2.14. The van der Waals surface area contributed by atoms with Gasteiger partial charge in [-0.25, -0.2) is 13.3 Å². The molecule has 1 aromatic carbocycles. The second-order valence-corrected chi connectivity index (χ2v) is 9.29. The lowest BCUT2D eigenvalue weighted by atomic mass is 10.2. The summed E-state index contributed by atoms with van der Waals surface area (Å²) in [5.41, 5.74) is -0.970. The number of aromatic nitrogens is 4.